The maximum atomic E-state index is 10.5. The summed E-state index contributed by atoms with van der Waals surface area (Å²) >= 11 is 3.25. The first-order valence-corrected chi connectivity index (χ1v) is 4.52. The first kappa shape index (κ1) is 10.4. The van der Waals surface area contributed by atoms with Crippen LogP contribution in [0.15, 0.2) is 0 Å². The van der Waals surface area contributed by atoms with Crippen molar-refractivity contribution in [2.24, 2.45) is 0 Å². The summed E-state index contributed by atoms with van der Waals surface area (Å²) in [4.78, 5) is 10.5. The Bertz CT molecular complexity index is 153. The molecule has 0 saturated heterocycles. The summed E-state index contributed by atoms with van der Waals surface area (Å²) in [5.41, 5.74) is 0. The molecule has 3 nitrogen and oxygen atoms in total. The van der Waals surface area contributed by atoms with Gasteiger partial charge in [0.2, 0.25) is 0 Å². The molecule has 0 bridgehead atoms. The number of unbranched alkanes of at least 4 members (excludes halogenated alkanes) is 1. The molecule has 0 aromatic rings. The van der Waals surface area contributed by atoms with Gasteiger partial charge >= 0.3 is 5.97 Å². The van der Waals surface area contributed by atoms with Crippen LogP contribution in [0.5, 0.6) is 0 Å². The third kappa shape index (κ3) is 7.34. The van der Waals surface area contributed by atoms with E-state index in [4.69, 9.17) is 10.00 Å². The zero-order chi connectivity index (χ0) is 8.53. The third-order valence-electron chi connectivity index (χ3n) is 1.01. The number of hydrogen-bond donors (Lipinski definition) is 0. The summed E-state index contributed by atoms with van der Waals surface area (Å²) in [6.45, 7) is 0.423. The Morgan fingerprint density at radius 1 is 1.55 bits per heavy atom. The van der Waals surface area contributed by atoms with Crippen LogP contribution in [-0.2, 0) is 9.53 Å². The van der Waals surface area contributed by atoms with Crippen LogP contribution in [0.25, 0.3) is 0 Å². The van der Waals surface area contributed by atoms with Crippen molar-refractivity contribution in [2.75, 3.05) is 11.9 Å². The first-order valence-electron chi connectivity index (χ1n) is 3.39. The van der Waals surface area contributed by atoms with Gasteiger partial charge in [-0.25, -0.2) is 0 Å². The predicted molar refractivity (Wildman–Crippen MR) is 44.2 cm³/mol. The van der Waals surface area contributed by atoms with Gasteiger partial charge in [0.25, 0.3) is 0 Å². The zero-order valence-corrected chi connectivity index (χ0v) is 7.76. The van der Waals surface area contributed by atoms with E-state index in [1.54, 1.807) is 6.07 Å². The molecular weight excluding hydrogens is 210 g/mol. The van der Waals surface area contributed by atoms with E-state index in [9.17, 15) is 4.79 Å². The molecule has 0 aromatic heterocycles. The number of hydrogen-bond acceptors (Lipinski definition) is 3. The Morgan fingerprint density at radius 3 is 2.82 bits per heavy atom. The van der Waals surface area contributed by atoms with E-state index in [-0.39, 0.29) is 6.42 Å². The SMILES string of the molecule is N#CCC(=O)OCCCCBr. The summed E-state index contributed by atoms with van der Waals surface area (Å²) in [6, 6.07) is 1.72. The lowest BCUT2D eigenvalue weighted by Crippen LogP contribution is -2.04. The topological polar surface area (TPSA) is 50.1 Å². The van der Waals surface area contributed by atoms with Crippen LogP contribution in [0.2, 0.25) is 0 Å². The summed E-state index contributed by atoms with van der Waals surface area (Å²) in [6.07, 6.45) is 1.69. The number of nitriles is 1. The van der Waals surface area contributed by atoms with Crippen LogP contribution in [0.3, 0.4) is 0 Å². The van der Waals surface area contributed by atoms with E-state index >= 15 is 0 Å². The maximum absolute atomic E-state index is 10.5. The lowest BCUT2D eigenvalue weighted by Gasteiger charge is -1.99. The number of esters is 1. The van der Waals surface area contributed by atoms with Crippen molar-refractivity contribution in [3.05, 3.63) is 0 Å². The minimum Gasteiger partial charge on any atom is -0.465 e. The molecular formula is C7H10BrNO2. The van der Waals surface area contributed by atoms with E-state index in [1.165, 1.54) is 0 Å². The monoisotopic (exact) mass is 219 g/mol. The van der Waals surface area contributed by atoms with E-state index in [1.807, 2.05) is 0 Å². The van der Waals surface area contributed by atoms with Gasteiger partial charge in [0.05, 0.1) is 12.7 Å². The molecule has 0 saturated carbocycles. The van der Waals surface area contributed by atoms with Crippen LogP contribution >= 0.6 is 15.9 Å². The molecule has 0 aromatic carbocycles. The number of ether oxygens (including phenoxy) is 1. The minimum atomic E-state index is -0.429. The summed E-state index contributed by atoms with van der Waals surface area (Å²) < 4.78 is 4.70. The normalized spacial score (nSPS) is 8.73. The first-order chi connectivity index (χ1) is 5.31. The summed E-state index contributed by atoms with van der Waals surface area (Å²) in [7, 11) is 0. The van der Waals surface area contributed by atoms with Gasteiger partial charge in [0.1, 0.15) is 6.42 Å². The van der Waals surface area contributed by atoms with Crippen molar-refractivity contribution in [3.63, 3.8) is 0 Å². The van der Waals surface area contributed by atoms with Gasteiger partial charge in [-0.1, -0.05) is 15.9 Å². The Morgan fingerprint density at radius 2 is 2.27 bits per heavy atom. The molecule has 0 radical (unpaired) electrons. The molecule has 0 fully saturated rings. The quantitative estimate of drug-likeness (QED) is 0.401. The second-order valence-electron chi connectivity index (χ2n) is 1.95. The van der Waals surface area contributed by atoms with Gasteiger partial charge in [-0.05, 0) is 12.8 Å². The molecule has 11 heavy (non-hydrogen) atoms. The Labute approximate surface area is 74.5 Å². The van der Waals surface area contributed by atoms with Gasteiger partial charge in [-0.3, -0.25) is 4.79 Å². The Balaban J connectivity index is 3.12. The van der Waals surface area contributed by atoms with Crippen LogP contribution in [0.4, 0.5) is 0 Å². The molecule has 62 valence electrons. The number of rotatable bonds is 5. The fourth-order valence-corrected chi connectivity index (χ4v) is 0.895. The van der Waals surface area contributed by atoms with E-state index < -0.39 is 5.97 Å². The van der Waals surface area contributed by atoms with E-state index in [0.29, 0.717) is 6.61 Å². The van der Waals surface area contributed by atoms with Crippen molar-refractivity contribution >= 4 is 21.9 Å². The van der Waals surface area contributed by atoms with Gasteiger partial charge in [0, 0.05) is 5.33 Å². The highest BCUT2D eigenvalue weighted by Gasteiger charge is 1.99. The molecule has 0 amide bonds. The molecule has 0 aliphatic heterocycles. The molecule has 0 aliphatic rings. The van der Waals surface area contributed by atoms with E-state index in [2.05, 4.69) is 15.9 Å². The highest BCUT2D eigenvalue weighted by atomic mass is 79.9. The van der Waals surface area contributed by atoms with Gasteiger partial charge in [0.15, 0.2) is 0 Å². The number of halogens is 1. The second-order valence-corrected chi connectivity index (χ2v) is 2.74. The van der Waals surface area contributed by atoms with Crippen LogP contribution in [-0.4, -0.2) is 17.9 Å². The molecule has 4 heteroatoms. The largest absolute Gasteiger partial charge is 0.465 e. The van der Waals surface area contributed by atoms with Gasteiger partial charge < -0.3 is 4.74 Å². The number of carbonyl (C=O) groups excluding carboxylic acids is 1. The Kier molecular flexibility index (Phi) is 7.16. The van der Waals surface area contributed by atoms with Crippen molar-refractivity contribution < 1.29 is 9.53 Å². The predicted octanol–water partition coefficient (Wildman–Crippen LogP) is 1.62. The fraction of sp³-hybridized carbons (Fsp3) is 0.714. The van der Waals surface area contributed by atoms with Crippen molar-refractivity contribution in [3.8, 4) is 6.07 Å². The Hall–Kier alpha value is -0.560. The van der Waals surface area contributed by atoms with Crippen LogP contribution in [0, 0.1) is 11.3 Å². The van der Waals surface area contributed by atoms with E-state index in [0.717, 1.165) is 18.2 Å². The number of carbonyl (C=O) groups is 1. The standard InChI is InChI=1S/C7H10BrNO2/c8-4-1-2-6-11-7(10)3-5-9/h1-4,6H2. The average Bonchev–Trinajstić information content (AvgIpc) is 1.99. The van der Waals surface area contributed by atoms with Gasteiger partial charge in [-0.15, -0.1) is 0 Å². The molecule has 0 unspecified atom stereocenters. The van der Waals surface area contributed by atoms with Crippen molar-refractivity contribution in [1.29, 1.82) is 5.26 Å². The third-order valence-corrected chi connectivity index (χ3v) is 1.58. The molecule has 0 spiro atoms. The number of alkyl halides is 1. The zero-order valence-electron chi connectivity index (χ0n) is 6.18. The maximum Gasteiger partial charge on any atom is 0.320 e. The fourth-order valence-electron chi connectivity index (χ4n) is 0.498. The van der Waals surface area contributed by atoms with Crippen LogP contribution < -0.4 is 0 Å². The smallest absolute Gasteiger partial charge is 0.320 e. The lowest BCUT2D eigenvalue weighted by atomic mass is 10.4. The summed E-state index contributed by atoms with van der Waals surface area (Å²) in [5, 5.41) is 9.00. The molecule has 0 N–H and O–H groups in total. The highest BCUT2D eigenvalue weighted by Crippen LogP contribution is 1.95. The molecule has 0 rings (SSSR count). The lowest BCUT2D eigenvalue weighted by molar-refractivity contribution is -0.142. The molecule has 0 aliphatic carbocycles. The number of nitrogens with zero attached hydrogens (tertiary/aromatic N) is 1. The highest BCUT2D eigenvalue weighted by molar-refractivity contribution is 9.09. The molecule has 0 heterocycles. The van der Waals surface area contributed by atoms with Crippen LogP contribution in [0.1, 0.15) is 19.3 Å². The molecule has 0 atom stereocenters. The second kappa shape index (κ2) is 7.55. The van der Waals surface area contributed by atoms with Crippen molar-refractivity contribution in [1.82, 2.24) is 0 Å². The van der Waals surface area contributed by atoms with Crippen molar-refractivity contribution in [2.45, 2.75) is 19.3 Å². The average molecular weight is 220 g/mol. The summed E-state index contributed by atoms with van der Waals surface area (Å²) in [5.74, 6) is -0.429. The minimum absolute atomic E-state index is 0.145. The van der Waals surface area contributed by atoms with Gasteiger partial charge in [-0.2, -0.15) is 5.26 Å².